The fourth-order valence-electron chi connectivity index (χ4n) is 2.40. The number of imidazole rings is 1. The van der Waals surface area contributed by atoms with Crippen molar-refractivity contribution in [3.63, 3.8) is 0 Å². The van der Waals surface area contributed by atoms with Crippen LogP contribution in [0.3, 0.4) is 0 Å². The van der Waals surface area contributed by atoms with Crippen molar-refractivity contribution in [1.29, 1.82) is 0 Å². The highest BCUT2D eigenvalue weighted by molar-refractivity contribution is 6.31. The Morgan fingerprint density at radius 1 is 1.36 bits per heavy atom. The molecule has 1 heterocycles. The Morgan fingerprint density at radius 2 is 2.09 bits per heavy atom. The number of nitrogens with one attached hydrogen (secondary N) is 1. The maximum atomic E-state index is 12.3. The summed E-state index contributed by atoms with van der Waals surface area (Å²) in [6.45, 7) is 4.15. The number of nitrogens with zero attached hydrogens (tertiary/aromatic N) is 2. The molecule has 0 aliphatic rings. The smallest absolute Gasteiger partial charge is 0.220 e. The first-order valence-electron chi connectivity index (χ1n) is 7.49. The Labute approximate surface area is 136 Å². The average molecular weight is 320 g/mol. The quantitative estimate of drug-likeness (QED) is 0.885. The van der Waals surface area contributed by atoms with Crippen molar-refractivity contribution in [3.8, 4) is 0 Å². The summed E-state index contributed by atoms with van der Waals surface area (Å²) in [6, 6.07) is 7.54. The Balaban J connectivity index is 1.98. The van der Waals surface area contributed by atoms with Crippen molar-refractivity contribution in [2.45, 2.75) is 32.7 Å². The van der Waals surface area contributed by atoms with Gasteiger partial charge in [0.2, 0.25) is 5.91 Å². The van der Waals surface area contributed by atoms with Crippen molar-refractivity contribution in [2.24, 2.45) is 13.0 Å². The maximum absolute atomic E-state index is 12.3. The monoisotopic (exact) mass is 319 g/mol. The molecular formula is C17H22ClN3O. The molecule has 1 atom stereocenters. The minimum Gasteiger partial charge on any atom is -0.346 e. The number of halogens is 1. The van der Waals surface area contributed by atoms with Gasteiger partial charge in [-0.15, -0.1) is 0 Å². The van der Waals surface area contributed by atoms with Gasteiger partial charge in [-0.3, -0.25) is 4.79 Å². The predicted octanol–water partition coefficient (Wildman–Crippen LogP) is 3.52. The molecule has 1 aromatic carbocycles. The van der Waals surface area contributed by atoms with Gasteiger partial charge in [0.05, 0.1) is 6.04 Å². The Kier molecular flexibility index (Phi) is 5.61. The zero-order chi connectivity index (χ0) is 16.1. The molecule has 2 aromatic rings. The lowest BCUT2D eigenvalue weighted by Crippen LogP contribution is -2.33. The van der Waals surface area contributed by atoms with Crippen molar-refractivity contribution >= 4 is 17.5 Å². The van der Waals surface area contributed by atoms with E-state index in [9.17, 15) is 4.79 Å². The SMILES string of the molecule is CC(C)C(NC(=O)CCc1ccccc1Cl)c1nccn1C. The number of rotatable bonds is 6. The predicted molar refractivity (Wildman–Crippen MR) is 88.7 cm³/mol. The molecule has 0 saturated carbocycles. The molecule has 2 rings (SSSR count). The van der Waals surface area contributed by atoms with Crippen LogP contribution in [0, 0.1) is 5.92 Å². The number of hydrogen-bond donors (Lipinski definition) is 1. The van der Waals surface area contributed by atoms with E-state index in [4.69, 9.17) is 11.6 Å². The van der Waals surface area contributed by atoms with E-state index in [1.54, 1.807) is 6.20 Å². The summed E-state index contributed by atoms with van der Waals surface area (Å²) in [7, 11) is 1.94. The van der Waals surface area contributed by atoms with Crippen LogP contribution in [0.5, 0.6) is 0 Å². The van der Waals surface area contributed by atoms with Gasteiger partial charge in [0, 0.05) is 30.9 Å². The molecule has 0 fully saturated rings. The number of benzene rings is 1. The third kappa shape index (κ3) is 4.10. The van der Waals surface area contributed by atoms with E-state index in [0.717, 1.165) is 11.4 Å². The molecule has 5 heteroatoms. The van der Waals surface area contributed by atoms with E-state index < -0.39 is 0 Å². The van der Waals surface area contributed by atoms with Gasteiger partial charge in [0.15, 0.2) is 0 Å². The number of aromatic nitrogens is 2. The molecule has 4 nitrogen and oxygen atoms in total. The second-order valence-electron chi connectivity index (χ2n) is 5.78. The minimum atomic E-state index is -0.0845. The highest BCUT2D eigenvalue weighted by Crippen LogP contribution is 2.20. The molecule has 1 aromatic heterocycles. The van der Waals surface area contributed by atoms with Crippen LogP contribution < -0.4 is 5.32 Å². The van der Waals surface area contributed by atoms with E-state index >= 15 is 0 Å². The van der Waals surface area contributed by atoms with Gasteiger partial charge in [0.1, 0.15) is 5.82 Å². The molecule has 0 saturated heterocycles. The zero-order valence-electron chi connectivity index (χ0n) is 13.2. The third-order valence-electron chi connectivity index (χ3n) is 3.70. The van der Waals surface area contributed by atoms with Crippen LogP contribution in [0.25, 0.3) is 0 Å². The molecule has 0 spiro atoms. The van der Waals surface area contributed by atoms with Crippen LogP contribution in [0.1, 0.15) is 37.7 Å². The Morgan fingerprint density at radius 3 is 2.68 bits per heavy atom. The van der Waals surface area contributed by atoms with Gasteiger partial charge in [-0.05, 0) is 24.0 Å². The molecule has 0 aliphatic carbocycles. The molecule has 118 valence electrons. The molecule has 0 bridgehead atoms. The van der Waals surface area contributed by atoms with Gasteiger partial charge in [-0.25, -0.2) is 4.98 Å². The number of carbonyl (C=O) groups is 1. The molecule has 22 heavy (non-hydrogen) atoms. The highest BCUT2D eigenvalue weighted by atomic mass is 35.5. The Hall–Kier alpha value is -1.81. The summed E-state index contributed by atoms with van der Waals surface area (Å²) < 4.78 is 1.94. The largest absolute Gasteiger partial charge is 0.346 e. The van der Waals surface area contributed by atoms with E-state index in [0.29, 0.717) is 17.9 Å². The highest BCUT2D eigenvalue weighted by Gasteiger charge is 2.21. The van der Waals surface area contributed by atoms with Crippen LogP contribution >= 0.6 is 11.6 Å². The zero-order valence-corrected chi connectivity index (χ0v) is 14.0. The summed E-state index contributed by atoms with van der Waals surface area (Å²) in [5.74, 6) is 1.16. The first-order chi connectivity index (χ1) is 10.5. The van der Waals surface area contributed by atoms with Crippen molar-refractivity contribution < 1.29 is 4.79 Å². The van der Waals surface area contributed by atoms with Gasteiger partial charge in [-0.1, -0.05) is 43.6 Å². The van der Waals surface area contributed by atoms with Gasteiger partial charge < -0.3 is 9.88 Å². The van der Waals surface area contributed by atoms with Crippen LogP contribution in [0.2, 0.25) is 5.02 Å². The lowest BCUT2D eigenvalue weighted by Gasteiger charge is -2.22. The fraction of sp³-hybridized carbons (Fsp3) is 0.412. The minimum absolute atomic E-state index is 0.0154. The third-order valence-corrected chi connectivity index (χ3v) is 4.07. The summed E-state index contributed by atoms with van der Waals surface area (Å²) in [4.78, 5) is 16.6. The average Bonchev–Trinajstić information content (AvgIpc) is 2.89. The van der Waals surface area contributed by atoms with Gasteiger partial charge in [-0.2, -0.15) is 0 Å². The van der Waals surface area contributed by atoms with E-state index in [2.05, 4.69) is 24.1 Å². The molecule has 1 amide bonds. The van der Waals surface area contributed by atoms with Gasteiger partial charge in [0.25, 0.3) is 0 Å². The van der Waals surface area contributed by atoms with Crippen molar-refractivity contribution in [1.82, 2.24) is 14.9 Å². The number of carbonyl (C=O) groups excluding carboxylic acids is 1. The van der Waals surface area contributed by atoms with Crippen LogP contribution in [0.4, 0.5) is 0 Å². The molecule has 0 aliphatic heterocycles. The second kappa shape index (κ2) is 7.45. The number of aryl methyl sites for hydroxylation is 2. The summed E-state index contributed by atoms with van der Waals surface area (Å²) in [5.41, 5.74) is 0.998. The summed E-state index contributed by atoms with van der Waals surface area (Å²) in [5, 5.41) is 3.79. The molecule has 1 N–H and O–H groups in total. The van der Waals surface area contributed by atoms with Gasteiger partial charge >= 0.3 is 0 Å². The number of amides is 1. The van der Waals surface area contributed by atoms with E-state index in [-0.39, 0.29) is 17.9 Å². The maximum Gasteiger partial charge on any atom is 0.220 e. The van der Waals surface area contributed by atoms with Crippen LogP contribution in [-0.2, 0) is 18.3 Å². The molecule has 1 unspecified atom stereocenters. The molecular weight excluding hydrogens is 298 g/mol. The lowest BCUT2D eigenvalue weighted by molar-refractivity contribution is -0.122. The lowest BCUT2D eigenvalue weighted by atomic mass is 10.0. The standard InChI is InChI=1S/C17H22ClN3O/c1-12(2)16(17-19-10-11-21(17)3)20-15(22)9-8-13-6-4-5-7-14(13)18/h4-7,10-12,16H,8-9H2,1-3H3,(H,20,22). The first-order valence-corrected chi connectivity index (χ1v) is 7.87. The first kappa shape index (κ1) is 16.6. The molecule has 0 radical (unpaired) electrons. The topological polar surface area (TPSA) is 46.9 Å². The van der Waals surface area contributed by atoms with Crippen molar-refractivity contribution in [3.05, 3.63) is 53.1 Å². The fourth-order valence-corrected chi connectivity index (χ4v) is 2.63. The van der Waals surface area contributed by atoms with Crippen molar-refractivity contribution in [2.75, 3.05) is 0 Å². The summed E-state index contributed by atoms with van der Waals surface area (Å²) in [6.07, 6.45) is 4.69. The number of hydrogen-bond acceptors (Lipinski definition) is 2. The summed E-state index contributed by atoms with van der Waals surface area (Å²) >= 11 is 6.12. The van der Waals surface area contributed by atoms with Crippen LogP contribution in [0.15, 0.2) is 36.7 Å². The second-order valence-corrected chi connectivity index (χ2v) is 6.18. The Bertz CT molecular complexity index is 636. The van der Waals surface area contributed by atoms with E-state index in [1.807, 2.05) is 42.1 Å². The van der Waals surface area contributed by atoms with Crippen LogP contribution in [-0.4, -0.2) is 15.5 Å². The van der Waals surface area contributed by atoms with E-state index in [1.165, 1.54) is 0 Å². The normalized spacial score (nSPS) is 12.4.